The van der Waals surface area contributed by atoms with Crippen molar-refractivity contribution >= 4 is 45.6 Å². The van der Waals surface area contributed by atoms with Gasteiger partial charge in [0.2, 0.25) is 0 Å². The van der Waals surface area contributed by atoms with Gasteiger partial charge in [-0.05, 0) is 68.3 Å². The van der Waals surface area contributed by atoms with Crippen molar-refractivity contribution in [3.63, 3.8) is 0 Å². The smallest absolute Gasteiger partial charge is 0.261 e. The minimum absolute atomic E-state index is 0.104. The van der Waals surface area contributed by atoms with Gasteiger partial charge < -0.3 is 19.2 Å². The number of furan rings is 1. The molecule has 2 amide bonds. The molecule has 174 valence electrons. The summed E-state index contributed by atoms with van der Waals surface area (Å²) < 4.78 is 10.5. The number of carbonyl (C=O) groups excluding carboxylic acids is 2. The van der Waals surface area contributed by atoms with Crippen molar-refractivity contribution in [2.45, 2.75) is 20.3 Å². The van der Waals surface area contributed by atoms with Crippen molar-refractivity contribution in [2.75, 3.05) is 16.8 Å². The van der Waals surface area contributed by atoms with Gasteiger partial charge in [0.25, 0.3) is 17.5 Å². The van der Waals surface area contributed by atoms with Gasteiger partial charge in [0.15, 0.2) is 0 Å². The van der Waals surface area contributed by atoms with E-state index in [4.69, 9.17) is 8.94 Å². The SMILES string of the molecule is Cc1ccc(-c2cc(C(=O)Nc3ccc4c(c3)CCN4C(=O)c3ccoc3)c3c(C)noc3n2)s1. The minimum Gasteiger partial charge on any atom is -0.472 e. The third kappa shape index (κ3) is 3.70. The topological polar surface area (TPSA) is 101 Å². The molecule has 0 saturated carbocycles. The van der Waals surface area contributed by atoms with Crippen molar-refractivity contribution in [1.29, 1.82) is 0 Å². The highest BCUT2D eigenvalue weighted by atomic mass is 32.1. The monoisotopic (exact) mass is 484 g/mol. The highest BCUT2D eigenvalue weighted by molar-refractivity contribution is 7.15. The van der Waals surface area contributed by atoms with Crippen molar-refractivity contribution in [3.8, 4) is 10.6 Å². The average Bonchev–Trinajstić information content (AvgIpc) is 3.65. The maximum atomic E-state index is 13.4. The van der Waals surface area contributed by atoms with E-state index in [0.717, 1.165) is 21.0 Å². The number of carbonyl (C=O) groups is 2. The molecule has 0 bridgehead atoms. The third-order valence-electron chi connectivity index (χ3n) is 6.10. The van der Waals surface area contributed by atoms with Crippen LogP contribution in [0.2, 0.25) is 0 Å². The van der Waals surface area contributed by atoms with Crippen LogP contribution < -0.4 is 10.2 Å². The van der Waals surface area contributed by atoms with E-state index in [2.05, 4.69) is 15.5 Å². The predicted molar refractivity (Wildman–Crippen MR) is 133 cm³/mol. The van der Waals surface area contributed by atoms with Gasteiger partial charge in [-0.3, -0.25) is 9.59 Å². The van der Waals surface area contributed by atoms with Crippen LogP contribution in [-0.2, 0) is 6.42 Å². The molecule has 1 N–H and O–H groups in total. The van der Waals surface area contributed by atoms with Gasteiger partial charge >= 0.3 is 0 Å². The number of hydrogen-bond donors (Lipinski definition) is 1. The number of aromatic nitrogens is 2. The number of rotatable bonds is 4. The van der Waals surface area contributed by atoms with Crippen LogP contribution in [0.25, 0.3) is 21.7 Å². The van der Waals surface area contributed by atoms with Gasteiger partial charge in [-0.1, -0.05) is 5.16 Å². The normalized spacial score (nSPS) is 12.8. The number of hydrogen-bond acceptors (Lipinski definition) is 7. The summed E-state index contributed by atoms with van der Waals surface area (Å²) in [5, 5.41) is 7.62. The number of fused-ring (bicyclic) bond motifs is 2. The van der Waals surface area contributed by atoms with Gasteiger partial charge in [-0.15, -0.1) is 11.3 Å². The highest BCUT2D eigenvalue weighted by Gasteiger charge is 2.27. The Bertz CT molecular complexity index is 1600. The fraction of sp³-hybridized carbons (Fsp3) is 0.154. The second-order valence-electron chi connectivity index (χ2n) is 8.43. The number of thiophene rings is 1. The molecule has 1 aromatic carbocycles. The zero-order chi connectivity index (χ0) is 24.1. The lowest BCUT2D eigenvalue weighted by Crippen LogP contribution is -2.28. The average molecular weight is 485 g/mol. The Morgan fingerprint density at radius 1 is 1.11 bits per heavy atom. The number of amides is 2. The van der Waals surface area contributed by atoms with Crippen molar-refractivity contribution < 1.29 is 18.5 Å². The minimum atomic E-state index is -0.275. The molecule has 5 heterocycles. The second kappa shape index (κ2) is 8.21. The van der Waals surface area contributed by atoms with E-state index in [-0.39, 0.29) is 11.8 Å². The molecule has 5 aromatic rings. The summed E-state index contributed by atoms with van der Waals surface area (Å²) in [6, 6.07) is 13.0. The first-order valence-corrected chi connectivity index (χ1v) is 11.9. The molecule has 1 aliphatic heterocycles. The zero-order valence-corrected chi connectivity index (χ0v) is 19.8. The molecule has 9 heteroatoms. The summed E-state index contributed by atoms with van der Waals surface area (Å²) in [4.78, 5) is 34.6. The van der Waals surface area contributed by atoms with Gasteiger partial charge in [0.05, 0.1) is 39.0 Å². The molecular formula is C26H20N4O4S. The Hall–Kier alpha value is -4.24. The Morgan fingerprint density at radius 3 is 2.77 bits per heavy atom. The number of anilines is 2. The number of nitrogens with zero attached hydrogens (tertiary/aromatic N) is 3. The summed E-state index contributed by atoms with van der Waals surface area (Å²) in [5.74, 6) is -0.379. The quantitative estimate of drug-likeness (QED) is 0.355. The van der Waals surface area contributed by atoms with E-state index in [1.165, 1.54) is 12.5 Å². The van der Waals surface area contributed by atoms with Crippen LogP contribution in [0.5, 0.6) is 0 Å². The van der Waals surface area contributed by atoms with Gasteiger partial charge in [-0.2, -0.15) is 0 Å². The molecule has 8 nitrogen and oxygen atoms in total. The highest BCUT2D eigenvalue weighted by Crippen LogP contribution is 2.34. The van der Waals surface area contributed by atoms with E-state index >= 15 is 0 Å². The molecule has 4 aromatic heterocycles. The standard InChI is InChI=1S/C26H20N4O4S/c1-14-3-6-22(35-14)20-12-19(23-15(2)29-34-25(23)28-20)24(31)27-18-4-5-21-16(11-18)7-9-30(21)26(32)17-8-10-33-13-17/h3-6,8,10-13H,7,9H2,1-2H3,(H,27,31). The Kier molecular flexibility index (Phi) is 5.00. The van der Waals surface area contributed by atoms with Crippen molar-refractivity contribution in [2.24, 2.45) is 0 Å². The second-order valence-corrected chi connectivity index (χ2v) is 9.72. The lowest BCUT2D eigenvalue weighted by molar-refractivity contribution is 0.0987. The molecule has 0 fully saturated rings. The van der Waals surface area contributed by atoms with E-state index in [1.807, 2.05) is 31.2 Å². The molecule has 0 aliphatic carbocycles. The fourth-order valence-electron chi connectivity index (χ4n) is 4.40. The van der Waals surface area contributed by atoms with E-state index in [9.17, 15) is 9.59 Å². The first-order valence-electron chi connectivity index (χ1n) is 11.1. The molecular weight excluding hydrogens is 464 g/mol. The molecule has 0 atom stereocenters. The van der Waals surface area contributed by atoms with Gasteiger partial charge in [-0.25, -0.2) is 4.98 Å². The van der Waals surface area contributed by atoms with E-state index in [0.29, 0.717) is 52.3 Å². The van der Waals surface area contributed by atoms with E-state index in [1.54, 1.807) is 41.4 Å². The fourth-order valence-corrected chi connectivity index (χ4v) is 5.23. The summed E-state index contributed by atoms with van der Waals surface area (Å²) in [7, 11) is 0. The van der Waals surface area contributed by atoms with Crippen LogP contribution in [0.1, 0.15) is 36.9 Å². The Morgan fingerprint density at radius 2 is 2.00 bits per heavy atom. The molecule has 0 saturated heterocycles. The van der Waals surface area contributed by atoms with Crippen LogP contribution >= 0.6 is 11.3 Å². The molecule has 6 rings (SSSR count). The summed E-state index contributed by atoms with van der Waals surface area (Å²) in [5.41, 5.74) is 5.05. The number of pyridine rings is 1. The molecule has 35 heavy (non-hydrogen) atoms. The van der Waals surface area contributed by atoms with Crippen LogP contribution in [0.3, 0.4) is 0 Å². The van der Waals surface area contributed by atoms with E-state index < -0.39 is 0 Å². The first-order chi connectivity index (χ1) is 17.0. The largest absolute Gasteiger partial charge is 0.472 e. The summed E-state index contributed by atoms with van der Waals surface area (Å²) in [6.07, 6.45) is 3.64. The van der Waals surface area contributed by atoms with Crippen LogP contribution in [-0.4, -0.2) is 28.5 Å². The molecule has 0 unspecified atom stereocenters. The Labute approximate surface area is 204 Å². The van der Waals surface area contributed by atoms with Crippen LogP contribution in [0.4, 0.5) is 11.4 Å². The first kappa shape index (κ1) is 21.3. The van der Waals surface area contributed by atoms with Crippen molar-refractivity contribution in [3.05, 3.63) is 82.3 Å². The predicted octanol–water partition coefficient (Wildman–Crippen LogP) is 5.62. The van der Waals surface area contributed by atoms with Gasteiger partial charge in [0.1, 0.15) is 6.26 Å². The number of nitrogens with one attached hydrogen (secondary N) is 1. The molecule has 0 radical (unpaired) electrons. The third-order valence-corrected chi connectivity index (χ3v) is 7.12. The van der Waals surface area contributed by atoms with Crippen LogP contribution in [0.15, 0.2) is 63.9 Å². The molecule has 0 spiro atoms. The molecule has 1 aliphatic rings. The number of benzene rings is 1. The lowest BCUT2D eigenvalue weighted by Gasteiger charge is -2.16. The summed E-state index contributed by atoms with van der Waals surface area (Å²) >= 11 is 1.60. The van der Waals surface area contributed by atoms with Gasteiger partial charge in [0, 0.05) is 22.8 Å². The summed E-state index contributed by atoms with van der Waals surface area (Å²) in [6.45, 7) is 4.39. The zero-order valence-electron chi connectivity index (χ0n) is 19.0. The van der Waals surface area contributed by atoms with Crippen molar-refractivity contribution in [1.82, 2.24) is 10.1 Å². The maximum Gasteiger partial charge on any atom is 0.261 e. The lowest BCUT2D eigenvalue weighted by atomic mass is 10.1. The Balaban J connectivity index is 1.31. The number of aryl methyl sites for hydroxylation is 2. The maximum absolute atomic E-state index is 13.4. The van der Waals surface area contributed by atoms with Crippen LogP contribution in [0, 0.1) is 13.8 Å².